The molecule has 2 unspecified atom stereocenters. The first-order valence-corrected chi connectivity index (χ1v) is 7.08. The third-order valence-electron chi connectivity index (χ3n) is 3.49. The third-order valence-corrected chi connectivity index (χ3v) is 4.58. The average Bonchev–Trinajstić information content (AvgIpc) is 2.63. The predicted octanol–water partition coefficient (Wildman–Crippen LogP) is 3.90. The summed E-state index contributed by atoms with van der Waals surface area (Å²) in [5.74, 6) is 1.46. The molecular formula is C13H17BrClN. The van der Waals surface area contributed by atoms with Crippen LogP contribution in [0.15, 0.2) is 28.7 Å². The molecule has 0 radical (unpaired) electrons. The number of benzene rings is 1. The average molecular weight is 303 g/mol. The first kappa shape index (κ1) is 12.4. The molecule has 0 bridgehead atoms. The van der Waals surface area contributed by atoms with Crippen LogP contribution in [0.25, 0.3) is 0 Å². The standard InChI is InChI=1S/C13H17BrClN/c1-10-6-7-16(13(10)8-15)9-11-4-2-3-5-12(11)14/h2-5,10,13H,6-9H2,1H3. The molecule has 1 aliphatic rings. The van der Waals surface area contributed by atoms with Crippen LogP contribution in [-0.2, 0) is 6.54 Å². The zero-order valence-corrected chi connectivity index (χ0v) is 11.8. The molecule has 88 valence electrons. The molecule has 3 heteroatoms. The fraction of sp³-hybridized carbons (Fsp3) is 0.538. The van der Waals surface area contributed by atoms with Crippen LogP contribution in [0.4, 0.5) is 0 Å². The minimum atomic E-state index is 0.536. The van der Waals surface area contributed by atoms with Gasteiger partial charge in [0.2, 0.25) is 0 Å². The van der Waals surface area contributed by atoms with E-state index in [0.29, 0.717) is 6.04 Å². The minimum absolute atomic E-state index is 0.536. The topological polar surface area (TPSA) is 3.24 Å². The van der Waals surface area contributed by atoms with Gasteiger partial charge in [0, 0.05) is 22.9 Å². The molecule has 0 spiro atoms. The van der Waals surface area contributed by atoms with Gasteiger partial charge in [-0.25, -0.2) is 0 Å². The van der Waals surface area contributed by atoms with Crippen LogP contribution in [0.5, 0.6) is 0 Å². The van der Waals surface area contributed by atoms with E-state index in [2.05, 4.69) is 52.0 Å². The summed E-state index contributed by atoms with van der Waals surface area (Å²) in [4.78, 5) is 2.50. The van der Waals surface area contributed by atoms with Crippen LogP contribution in [0.2, 0.25) is 0 Å². The zero-order chi connectivity index (χ0) is 11.5. The van der Waals surface area contributed by atoms with Crippen LogP contribution >= 0.6 is 27.5 Å². The van der Waals surface area contributed by atoms with E-state index >= 15 is 0 Å². The highest BCUT2D eigenvalue weighted by molar-refractivity contribution is 9.10. The summed E-state index contributed by atoms with van der Waals surface area (Å²) in [6.07, 6.45) is 1.27. The van der Waals surface area contributed by atoms with Crippen LogP contribution < -0.4 is 0 Å². The largest absolute Gasteiger partial charge is 0.295 e. The number of hydrogen-bond donors (Lipinski definition) is 0. The van der Waals surface area contributed by atoms with Gasteiger partial charge in [0.15, 0.2) is 0 Å². The summed E-state index contributed by atoms with van der Waals surface area (Å²) in [5.41, 5.74) is 1.35. The molecule has 1 fully saturated rings. The Morgan fingerprint density at radius 2 is 2.19 bits per heavy atom. The molecule has 1 saturated heterocycles. The lowest BCUT2D eigenvalue weighted by atomic mass is 10.0. The Morgan fingerprint density at radius 3 is 2.88 bits per heavy atom. The van der Waals surface area contributed by atoms with Crippen LogP contribution in [-0.4, -0.2) is 23.4 Å². The number of nitrogens with zero attached hydrogens (tertiary/aromatic N) is 1. The highest BCUT2D eigenvalue weighted by Crippen LogP contribution is 2.28. The molecule has 0 amide bonds. The van der Waals surface area contributed by atoms with Crippen molar-refractivity contribution in [3.8, 4) is 0 Å². The number of rotatable bonds is 3. The molecule has 0 aromatic heterocycles. The Bertz CT molecular complexity index is 356. The number of likely N-dealkylation sites (tertiary alicyclic amines) is 1. The quantitative estimate of drug-likeness (QED) is 0.766. The van der Waals surface area contributed by atoms with Gasteiger partial charge in [-0.3, -0.25) is 4.90 Å². The van der Waals surface area contributed by atoms with Crippen molar-refractivity contribution < 1.29 is 0 Å². The first-order valence-electron chi connectivity index (χ1n) is 5.75. The lowest BCUT2D eigenvalue weighted by molar-refractivity contribution is 0.241. The Kier molecular flexibility index (Phi) is 4.28. The van der Waals surface area contributed by atoms with Crippen molar-refractivity contribution in [2.24, 2.45) is 5.92 Å². The molecule has 0 aliphatic carbocycles. The maximum Gasteiger partial charge on any atom is 0.0382 e. The van der Waals surface area contributed by atoms with Crippen LogP contribution in [0.3, 0.4) is 0 Å². The van der Waals surface area contributed by atoms with Gasteiger partial charge >= 0.3 is 0 Å². The number of halogens is 2. The first-order chi connectivity index (χ1) is 7.72. The molecule has 1 heterocycles. The zero-order valence-electron chi connectivity index (χ0n) is 9.50. The second-order valence-electron chi connectivity index (χ2n) is 4.55. The number of hydrogen-bond acceptors (Lipinski definition) is 1. The molecule has 2 atom stereocenters. The van der Waals surface area contributed by atoms with Crippen molar-refractivity contribution in [2.45, 2.75) is 25.9 Å². The van der Waals surface area contributed by atoms with Crippen molar-refractivity contribution in [2.75, 3.05) is 12.4 Å². The normalized spacial score (nSPS) is 26.2. The Balaban J connectivity index is 2.08. The molecule has 0 saturated carbocycles. The van der Waals surface area contributed by atoms with E-state index in [0.717, 1.165) is 18.3 Å². The molecule has 1 aliphatic heterocycles. The second kappa shape index (κ2) is 5.52. The van der Waals surface area contributed by atoms with E-state index in [9.17, 15) is 0 Å². The van der Waals surface area contributed by atoms with E-state index in [1.807, 2.05) is 0 Å². The van der Waals surface area contributed by atoms with Crippen LogP contribution in [0.1, 0.15) is 18.9 Å². The lowest BCUT2D eigenvalue weighted by Gasteiger charge is -2.25. The Labute approximate surface area is 111 Å². The minimum Gasteiger partial charge on any atom is -0.295 e. The van der Waals surface area contributed by atoms with Gasteiger partial charge in [-0.05, 0) is 30.5 Å². The van der Waals surface area contributed by atoms with Crippen molar-refractivity contribution >= 4 is 27.5 Å². The summed E-state index contributed by atoms with van der Waals surface area (Å²) in [6, 6.07) is 8.96. The molecule has 16 heavy (non-hydrogen) atoms. The Hall–Kier alpha value is -0.0500. The number of alkyl halides is 1. The van der Waals surface area contributed by atoms with Crippen molar-refractivity contribution in [3.05, 3.63) is 34.3 Å². The van der Waals surface area contributed by atoms with E-state index in [4.69, 9.17) is 11.6 Å². The monoisotopic (exact) mass is 301 g/mol. The molecule has 2 rings (SSSR count). The lowest BCUT2D eigenvalue weighted by Crippen LogP contribution is -2.33. The summed E-state index contributed by atoms with van der Waals surface area (Å²) < 4.78 is 1.20. The molecule has 0 N–H and O–H groups in total. The van der Waals surface area contributed by atoms with Crippen LogP contribution in [0, 0.1) is 5.92 Å². The van der Waals surface area contributed by atoms with E-state index < -0.39 is 0 Å². The predicted molar refractivity (Wildman–Crippen MR) is 72.8 cm³/mol. The summed E-state index contributed by atoms with van der Waals surface area (Å²) in [5, 5.41) is 0. The Morgan fingerprint density at radius 1 is 1.44 bits per heavy atom. The maximum atomic E-state index is 6.05. The fourth-order valence-electron chi connectivity index (χ4n) is 2.38. The third kappa shape index (κ3) is 2.61. The van der Waals surface area contributed by atoms with Gasteiger partial charge in [-0.2, -0.15) is 0 Å². The van der Waals surface area contributed by atoms with Gasteiger partial charge in [0.1, 0.15) is 0 Å². The highest BCUT2D eigenvalue weighted by Gasteiger charge is 2.30. The van der Waals surface area contributed by atoms with Gasteiger partial charge < -0.3 is 0 Å². The second-order valence-corrected chi connectivity index (χ2v) is 5.71. The fourth-order valence-corrected chi connectivity index (χ4v) is 3.29. The van der Waals surface area contributed by atoms with Crippen molar-refractivity contribution in [1.82, 2.24) is 4.90 Å². The summed E-state index contributed by atoms with van der Waals surface area (Å²) in [7, 11) is 0. The maximum absolute atomic E-state index is 6.05. The van der Waals surface area contributed by atoms with Gasteiger partial charge in [-0.15, -0.1) is 11.6 Å². The molecule has 1 aromatic rings. The SMILES string of the molecule is CC1CCN(Cc2ccccc2Br)C1CCl. The molecule has 1 nitrogen and oxygen atoms in total. The van der Waals surface area contributed by atoms with Gasteiger partial charge in [0.25, 0.3) is 0 Å². The summed E-state index contributed by atoms with van der Waals surface area (Å²) in [6.45, 7) is 4.47. The molecular weight excluding hydrogens is 286 g/mol. The summed E-state index contributed by atoms with van der Waals surface area (Å²) >= 11 is 9.65. The van der Waals surface area contributed by atoms with Gasteiger partial charge in [-0.1, -0.05) is 41.1 Å². The smallest absolute Gasteiger partial charge is 0.0382 e. The van der Waals surface area contributed by atoms with Crippen molar-refractivity contribution in [3.63, 3.8) is 0 Å². The van der Waals surface area contributed by atoms with Crippen molar-refractivity contribution in [1.29, 1.82) is 0 Å². The van der Waals surface area contributed by atoms with Gasteiger partial charge in [0.05, 0.1) is 0 Å². The van der Waals surface area contributed by atoms with E-state index in [1.54, 1.807) is 0 Å². The van der Waals surface area contributed by atoms with E-state index in [-0.39, 0.29) is 0 Å². The van der Waals surface area contributed by atoms with E-state index in [1.165, 1.54) is 23.0 Å². The highest BCUT2D eigenvalue weighted by atomic mass is 79.9. The molecule has 1 aromatic carbocycles.